The summed E-state index contributed by atoms with van der Waals surface area (Å²) in [4.78, 5) is 55.7. The summed E-state index contributed by atoms with van der Waals surface area (Å²) in [6, 6.07) is 8.31. The van der Waals surface area contributed by atoms with E-state index in [2.05, 4.69) is 51.6 Å². The van der Waals surface area contributed by atoms with Crippen molar-refractivity contribution in [1.82, 2.24) is 44.6 Å². The molecule has 4 aromatic heterocycles. The second-order valence-electron chi connectivity index (χ2n) is 12.4. The van der Waals surface area contributed by atoms with E-state index in [4.69, 9.17) is 4.74 Å². The number of nitrogens with one attached hydrogen (secondary N) is 1. The number of benzene rings is 1. The number of hydrogen-bond donors (Lipinski definition) is 1. The molecule has 5 aromatic rings. The molecule has 4 bridgehead atoms. The van der Waals surface area contributed by atoms with Crippen LogP contribution in [0, 0.1) is 12.3 Å². The van der Waals surface area contributed by atoms with Gasteiger partial charge >= 0.3 is 0 Å². The zero-order chi connectivity index (χ0) is 32.4. The Morgan fingerprint density at radius 1 is 1.11 bits per heavy atom. The maximum absolute atomic E-state index is 14.3. The summed E-state index contributed by atoms with van der Waals surface area (Å²) in [6.45, 7) is 4.10. The summed E-state index contributed by atoms with van der Waals surface area (Å²) in [5.41, 5.74) is 3.59. The van der Waals surface area contributed by atoms with Gasteiger partial charge in [-0.2, -0.15) is 5.10 Å². The Labute approximate surface area is 276 Å². The molecule has 1 saturated carbocycles. The SMILES string of the molecule is CC(=O)c1nn(CC(=O)N2C3C[C@]34C[C@H]2C(=O)Nc2nc(Br)ccc2COCc2cn(nn2)C4)c2ccc(-c3cnc(C)nc3)cc12. The van der Waals surface area contributed by atoms with Gasteiger partial charge in [0, 0.05) is 47.3 Å². The van der Waals surface area contributed by atoms with Crippen molar-refractivity contribution in [2.75, 3.05) is 5.32 Å². The van der Waals surface area contributed by atoms with Gasteiger partial charge in [0.2, 0.25) is 11.8 Å². The smallest absolute Gasteiger partial charge is 0.248 e. The molecule has 6 heterocycles. The number of aromatic nitrogens is 8. The van der Waals surface area contributed by atoms with Crippen LogP contribution in [0.1, 0.15) is 47.3 Å². The topological polar surface area (TPSA) is 163 Å². The summed E-state index contributed by atoms with van der Waals surface area (Å²) < 4.78 is 9.76. The highest BCUT2D eigenvalue weighted by Crippen LogP contribution is 2.60. The highest BCUT2D eigenvalue weighted by atomic mass is 79.9. The molecule has 0 radical (unpaired) electrons. The van der Waals surface area contributed by atoms with E-state index < -0.39 is 6.04 Å². The molecule has 2 aliphatic heterocycles. The summed E-state index contributed by atoms with van der Waals surface area (Å²) >= 11 is 3.40. The number of anilines is 1. The van der Waals surface area contributed by atoms with Gasteiger partial charge in [0.15, 0.2) is 5.78 Å². The molecule has 1 aliphatic carbocycles. The molecule has 8 rings (SSSR count). The number of piperidine rings is 1. The number of ketones is 1. The minimum atomic E-state index is -0.746. The van der Waals surface area contributed by atoms with Crippen molar-refractivity contribution in [1.29, 1.82) is 0 Å². The van der Waals surface area contributed by atoms with Gasteiger partial charge in [0.05, 0.1) is 31.5 Å². The van der Waals surface area contributed by atoms with Gasteiger partial charge in [-0.05, 0) is 59.5 Å². The predicted octanol–water partition coefficient (Wildman–Crippen LogP) is 3.48. The maximum Gasteiger partial charge on any atom is 0.248 e. The number of rotatable bonds is 4. The fourth-order valence-electron chi connectivity index (χ4n) is 6.89. The summed E-state index contributed by atoms with van der Waals surface area (Å²) in [5.74, 6) is 0.216. The number of halogens is 1. The standard InChI is InChI=1S/C32H29BrN10O4/c1-17(44)29-23-7-19(21-10-34-18(2)35-11-21)3-5-24(23)42(39-29)13-28(45)43-25-8-32(9-26(32)43)16-41-12-22(38-40-41)15-47-14-20-4-6-27(33)36-30(20)37-31(25)46/h3-7,10-12,25-26H,8-9,13-16H2,1-2H3,(H,36,37,46)/t25-,26?,32-/m0/s1. The average molecular weight is 698 g/mol. The van der Waals surface area contributed by atoms with Crippen molar-refractivity contribution in [2.24, 2.45) is 5.41 Å². The van der Waals surface area contributed by atoms with Gasteiger partial charge in [-0.25, -0.2) is 15.0 Å². The molecule has 1 unspecified atom stereocenters. The molecule has 2 fully saturated rings. The zero-order valence-corrected chi connectivity index (χ0v) is 27.1. The molecular weight excluding hydrogens is 668 g/mol. The molecule has 14 nitrogen and oxygen atoms in total. The maximum atomic E-state index is 14.3. The number of nitrogens with zero attached hydrogens (tertiary/aromatic N) is 9. The van der Waals surface area contributed by atoms with E-state index in [9.17, 15) is 14.4 Å². The van der Waals surface area contributed by atoms with Crippen molar-refractivity contribution >= 4 is 50.2 Å². The number of ether oxygens (including phenoxy) is 1. The first-order valence-corrected chi connectivity index (χ1v) is 16.0. The normalized spacial score (nSPS) is 21.9. The number of carbonyl (C=O) groups excluding carboxylic acids is 3. The third kappa shape index (κ3) is 5.28. The molecule has 2 amide bonds. The molecule has 1 aromatic carbocycles. The van der Waals surface area contributed by atoms with Crippen molar-refractivity contribution < 1.29 is 19.1 Å². The fourth-order valence-corrected chi connectivity index (χ4v) is 7.20. The fraction of sp³-hybridized carbons (Fsp3) is 0.344. The number of hydrogen-bond acceptors (Lipinski definition) is 10. The molecule has 3 atom stereocenters. The van der Waals surface area contributed by atoms with E-state index >= 15 is 0 Å². The first-order valence-electron chi connectivity index (χ1n) is 15.2. The van der Waals surface area contributed by atoms with Crippen LogP contribution < -0.4 is 5.32 Å². The Morgan fingerprint density at radius 3 is 2.74 bits per heavy atom. The van der Waals surface area contributed by atoms with Crippen LogP contribution in [0.3, 0.4) is 0 Å². The molecule has 3 aliphatic rings. The van der Waals surface area contributed by atoms with Crippen LogP contribution in [-0.4, -0.2) is 74.3 Å². The third-order valence-electron chi connectivity index (χ3n) is 9.25. The first kappa shape index (κ1) is 29.5. The highest BCUT2D eigenvalue weighted by molar-refractivity contribution is 9.10. The lowest BCUT2D eigenvalue weighted by atomic mass is 9.99. The molecular formula is C32H29BrN10O4. The van der Waals surface area contributed by atoms with Crippen LogP contribution in [0.5, 0.6) is 0 Å². The molecule has 1 N–H and O–H groups in total. The second-order valence-corrected chi connectivity index (χ2v) is 13.3. The number of fused-ring (bicyclic) bond motifs is 5. The summed E-state index contributed by atoms with van der Waals surface area (Å²) in [5, 5.41) is 16.8. The van der Waals surface area contributed by atoms with Crippen LogP contribution in [-0.2, 0) is 40.6 Å². The minimum Gasteiger partial charge on any atom is -0.370 e. The number of aryl methyl sites for hydroxylation is 1. The number of Topliss-reactive ketones (excluding diaryl/α,β-unsaturated/α-hetero) is 1. The van der Waals surface area contributed by atoms with E-state index in [1.54, 1.807) is 32.7 Å². The summed E-state index contributed by atoms with van der Waals surface area (Å²) in [7, 11) is 0. The second kappa shape index (κ2) is 11.1. The molecule has 15 heteroatoms. The Balaban J connectivity index is 1.13. The van der Waals surface area contributed by atoms with Gasteiger partial charge in [-0.15, -0.1) is 5.10 Å². The Hall–Kier alpha value is -4.89. The van der Waals surface area contributed by atoms with E-state index in [0.717, 1.165) is 17.5 Å². The lowest BCUT2D eigenvalue weighted by Gasteiger charge is -2.27. The lowest BCUT2D eigenvalue weighted by molar-refractivity contribution is -0.138. The lowest BCUT2D eigenvalue weighted by Crippen LogP contribution is -2.47. The Kier molecular flexibility index (Phi) is 6.98. The van der Waals surface area contributed by atoms with Gasteiger partial charge < -0.3 is 15.0 Å². The number of pyridine rings is 1. The van der Waals surface area contributed by atoms with Gasteiger partial charge in [0.1, 0.15) is 40.2 Å². The van der Waals surface area contributed by atoms with Crippen LogP contribution in [0.4, 0.5) is 5.82 Å². The van der Waals surface area contributed by atoms with Crippen LogP contribution >= 0.6 is 15.9 Å². The minimum absolute atomic E-state index is 0.144. The molecule has 1 saturated heterocycles. The van der Waals surface area contributed by atoms with Crippen LogP contribution in [0.2, 0.25) is 0 Å². The molecule has 238 valence electrons. The van der Waals surface area contributed by atoms with E-state index in [1.165, 1.54) is 6.92 Å². The van der Waals surface area contributed by atoms with E-state index in [-0.39, 0.29) is 54.5 Å². The van der Waals surface area contributed by atoms with Crippen molar-refractivity contribution in [2.45, 2.75) is 65.1 Å². The predicted molar refractivity (Wildman–Crippen MR) is 171 cm³/mol. The zero-order valence-electron chi connectivity index (χ0n) is 25.6. The number of carbonyl (C=O) groups is 3. The number of likely N-dealkylation sites (tertiary alicyclic amines) is 1. The van der Waals surface area contributed by atoms with Crippen LogP contribution in [0.15, 0.2) is 53.5 Å². The van der Waals surface area contributed by atoms with Crippen molar-refractivity contribution in [3.63, 3.8) is 0 Å². The van der Waals surface area contributed by atoms with Crippen molar-refractivity contribution in [3.05, 3.63) is 76.3 Å². The van der Waals surface area contributed by atoms with Crippen LogP contribution in [0.25, 0.3) is 22.0 Å². The first-order chi connectivity index (χ1) is 22.7. The van der Waals surface area contributed by atoms with Gasteiger partial charge in [0.25, 0.3) is 0 Å². The Bertz CT molecular complexity index is 2090. The van der Waals surface area contributed by atoms with E-state index in [1.807, 2.05) is 37.4 Å². The van der Waals surface area contributed by atoms with E-state index in [0.29, 0.717) is 51.4 Å². The average Bonchev–Trinajstić information content (AvgIpc) is 3.32. The van der Waals surface area contributed by atoms with Gasteiger partial charge in [-0.3, -0.25) is 23.7 Å². The monoisotopic (exact) mass is 696 g/mol. The molecule has 47 heavy (non-hydrogen) atoms. The summed E-state index contributed by atoms with van der Waals surface area (Å²) in [6.07, 6.45) is 6.51. The quantitative estimate of drug-likeness (QED) is 0.217. The number of amides is 2. The van der Waals surface area contributed by atoms with Gasteiger partial charge in [-0.1, -0.05) is 17.3 Å². The van der Waals surface area contributed by atoms with Crippen molar-refractivity contribution in [3.8, 4) is 11.1 Å². The molecule has 1 spiro atoms. The highest BCUT2D eigenvalue weighted by Gasteiger charge is 2.67. The Morgan fingerprint density at radius 2 is 1.94 bits per heavy atom. The largest absolute Gasteiger partial charge is 0.370 e. The third-order valence-corrected chi connectivity index (χ3v) is 9.69.